The Morgan fingerprint density at radius 3 is 2.80 bits per heavy atom. The Bertz CT molecular complexity index is 192. The van der Waals surface area contributed by atoms with Crippen LogP contribution in [0.4, 0.5) is 0 Å². The van der Waals surface area contributed by atoms with Crippen LogP contribution in [0.15, 0.2) is 0 Å². The van der Waals surface area contributed by atoms with E-state index in [1.54, 1.807) is 4.90 Å². The molecule has 1 rings (SSSR count). The second-order valence-corrected chi connectivity index (χ2v) is 4.35. The van der Waals surface area contributed by atoms with Crippen molar-refractivity contribution in [3.8, 4) is 0 Å². The summed E-state index contributed by atoms with van der Waals surface area (Å²) in [6.07, 6.45) is 3.68. The molecule has 15 heavy (non-hydrogen) atoms. The molecule has 0 saturated heterocycles. The monoisotopic (exact) mass is 213 g/mol. The second kappa shape index (κ2) is 6.80. The number of rotatable bonds is 8. The summed E-state index contributed by atoms with van der Waals surface area (Å²) >= 11 is 0. The lowest BCUT2D eigenvalue weighted by atomic mass is 10.3. The van der Waals surface area contributed by atoms with Crippen molar-refractivity contribution in [3.63, 3.8) is 0 Å². The smallest absolute Gasteiger partial charge is 0.236 e. The number of amides is 1. The first kappa shape index (κ1) is 12.5. The summed E-state index contributed by atoms with van der Waals surface area (Å²) in [5, 5.41) is 6.29. The predicted molar refractivity (Wildman–Crippen MR) is 61.8 cm³/mol. The molecule has 0 aromatic carbocycles. The molecule has 0 radical (unpaired) electrons. The van der Waals surface area contributed by atoms with Crippen LogP contribution in [0, 0.1) is 5.92 Å². The second-order valence-electron chi connectivity index (χ2n) is 4.35. The zero-order chi connectivity index (χ0) is 11.1. The molecule has 0 aromatic rings. The summed E-state index contributed by atoms with van der Waals surface area (Å²) in [5.41, 5.74) is 0. The fourth-order valence-electron chi connectivity index (χ4n) is 1.46. The molecule has 88 valence electrons. The third-order valence-electron chi connectivity index (χ3n) is 2.75. The van der Waals surface area contributed by atoms with Crippen LogP contribution in [-0.4, -0.2) is 51.1 Å². The summed E-state index contributed by atoms with van der Waals surface area (Å²) in [7, 11) is 3.80. The first-order valence-corrected chi connectivity index (χ1v) is 5.83. The third kappa shape index (κ3) is 5.74. The number of nitrogens with one attached hydrogen (secondary N) is 2. The van der Waals surface area contributed by atoms with Gasteiger partial charge in [-0.05, 0) is 45.3 Å². The molecule has 1 fully saturated rings. The zero-order valence-electron chi connectivity index (χ0n) is 9.88. The highest BCUT2D eigenvalue weighted by molar-refractivity contribution is 5.77. The summed E-state index contributed by atoms with van der Waals surface area (Å²) in [4.78, 5) is 13.4. The van der Waals surface area contributed by atoms with Gasteiger partial charge in [0.2, 0.25) is 5.91 Å². The Morgan fingerprint density at radius 1 is 1.47 bits per heavy atom. The van der Waals surface area contributed by atoms with Gasteiger partial charge in [-0.2, -0.15) is 0 Å². The average Bonchev–Trinajstić information content (AvgIpc) is 3.02. The first-order valence-electron chi connectivity index (χ1n) is 5.83. The number of likely N-dealkylation sites (N-methyl/N-ethyl adjacent to an activating group) is 1. The normalized spacial score (nSPS) is 15.3. The maximum Gasteiger partial charge on any atom is 0.236 e. The van der Waals surface area contributed by atoms with Crippen molar-refractivity contribution in [1.29, 1.82) is 0 Å². The molecular weight excluding hydrogens is 190 g/mol. The number of carbonyl (C=O) groups is 1. The van der Waals surface area contributed by atoms with Crippen molar-refractivity contribution in [1.82, 2.24) is 15.5 Å². The minimum Gasteiger partial charge on any atom is -0.345 e. The molecule has 4 heteroatoms. The van der Waals surface area contributed by atoms with Gasteiger partial charge in [0.25, 0.3) is 0 Å². The van der Waals surface area contributed by atoms with Crippen molar-refractivity contribution >= 4 is 5.91 Å². The van der Waals surface area contributed by atoms with E-state index >= 15 is 0 Å². The molecule has 2 N–H and O–H groups in total. The van der Waals surface area contributed by atoms with E-state index in [0.29, 0.717) is 6.54 Å². The highest BCUT2D eigenvalue weighted by atomic mass is 16.2. The van der Waals surface area contributed by atoms with Gasteiger partial charge >= 0.3 is 0 Å². The lowest BCUT2D eigenvalue weighted by Gasteiger charge is -2.17. The van der Waals surface area contributed by atoms with Crippen LogP contribution < -0.4 is 10.6 Å². The molecule has 0 unspecified atom stereocenters. The fourth-order valence-corrected chi connectivity index (χ4v) is 1.46. The van der Waals surface area contributed by atoms with Gasteiger partial charge in [-0.3, -0.25) is 4.79 Å². The minimum atomic E-state index is 0.201. The number of carbonyl (C=O) groups excluding carboxylic acids is 1. The molecule has 0 spiro atoms. The highest BCUT2D eigenvalue weighted by Gasteiger charge is 2.20. The van der Waals surface area contributed by atoms with Gasteiger partial charge in [0.05, 0.1) is 6.54 Å². The molecule has 0 aliphatic heterocycles. The van der Waals surface area contributed by atoms with Crippen LogP contribution in [0.1, 0.15) is 19.3 Å². The van der Waals surface area contributed by atoms with Gasteiger partial charge in [0, 0.05) is 13.6 Å². The van der Waals surface area contributed by atoms with Gasteiger partial charge in [-0.25, -0.2) is 0 Å². The Hall–Kier alpha value is -0.610. The fraction of sp³-hybridized carbons (Fsp3) is 0.909. The Kier molecular flexibility index (Phi) is 5.65. The van der Waals surface area contributed by atoms with Gasteiger partial charge in [-0.15, -0.1) is 0 Å². The quantitative estimate of drug-likeness (QED) is 0.560. The molecule has 4 nitrogen and oxygen atoms in total. The van der Waals surface area contributed by atoms with Gasteiger partial charge in [0.1, 0.15) is 0 Å². The van der Waals surface area contributed by atoms with Crippen molar-refractivity contribution in [2.24, 2.45) is 5.92 Å². The topological polar surface area (TPSA) is 44.4 Å². The minimum absolute atomic E-state index is 0.201. The standard InChI is InChI=1S/C11H23N3O/c1-12-6-3-7-14(2)11(15)9-13-8-10-4-5-10/h10,12-13H,3-9H2,1-2H3. The van der Waals surface area contributed by atoms with E-state index in [1.165, 1.54) is 12.8 Å². The van der Waals surface area contributed by atoms with Crippen LogP contribution in [0.5, 0.6) is 0 Å². The summed E-state index contributed by atoms with van der Waals surface area (Å²) in [5.74, 6) is 1.04. The summed E-state index contributed by atoms with van der Waals surface area (Å²) in [6.45, 7) is 3.31. The average molecular weight is 213 g/mol. The molecule has 0 aromatic heterocycles. The Labute approximate surface area is 92.4 Å². The number of nitrogens with zero attached hydrogens (tertiary/aromatic N) is 1. The van der Waals surface area contributed by atoms with Gasteiger partial charge in [0.15, 0.2) is 0 Å². The maximum atomic E-state index is 11.6. The molecule has 0 heterocycles. The van der Waals surface area contributed by atoms with Crippen LogP contribution in [0.2, 0.25) is 0 Å². The van der Waals surface area contributed by atoms with Gasteiger partial charge in [-0.1, -0.05) is 0 Å². The molecule has 1 saturated carbocycles. The number of hydrogen-bond donors (Lipinski definition) is 2. The molecule has 0 atom stereocenters. The summed E-state index contributed by atoms with van der Waals surface area (Å²) in [6, 6.07) is 0. The molecule has 1 amide bonds. The van der Waals surface area contributed by atoms with Crippen LogP contribution in [-0.2, 0) is 4.79 Å². The van der Waals surface area contributed by atoms with E-state index in [0.717, 1.165) is 32.0 Å². The maximum absolute atomic E-state index is 11.6. The molecule has 1 aliphatic carbocycles. The summed E-state index contributed by atoms with van der Waals surface area (Å²) < 4.78 is 0. The SMILES string of the molecule is CNCCCN(C)C(=O)CNCC1CC1. The molecular formula is C11H23N3O. The van der Waals surface area contributed by atoms with Crippen LogP contribution >= 0.6 is 0 Å². The van der Waals surface area contributed by atoms with Gasteiger partial charge < -0.3 is 15.5 Å². The van der Waals surface area contributed by atoms with Crippen molar-refractivity contribution in [2.45, 2.75) is 19.3 Å². The molecule has 0 bridgehead atoms. The third-order valence-corrected chi connectivity index (χ3v) is 2.75. The van der Waals surface area contributed by atoms with E-state index in [1.807, 2.05) is 14.1 Å². The van der Waals surface area contributed by atoms with E-state index < -0.39 is 0 Å². The Morgan fingerprint density at radius 2 is 2.20 bits per heavy atom. The Balaban J connectivity index is 1.98. The van der Waals surface area contributed by atoms with Crippen molar-refractivity contribution in [3.05, 3.63) is 0 Å². The van der Waals surface area contributed by atoms with E-state index in [9.17, 15) is 4.79 Å². The number of hydrogen-bond acceptors (Lipinski definition) is 3. The van der Waals surface area contributed by atoms with E-state index in [4.69, 9.17) is 0 Å². The predicted octanol–water partition coefficient (Wildman–Crippen LogP) is 0.0539. The largest absolute Gasteiger partial charge is 0.345 e. The lowest BCUT2D eigenvalue weighted by molar-refractivity contribution is -0.129. The zero-order valence-corrected chi connectivity index (χ0v) is 9.88. The first-order chi connectivity index (χ1) is 7.24. The highest BCUT2D eigenvalue weighted by Crippen LogP contribution is 2.27. The molecule has 1 aliphatic rings. The van der Waals surface area contributed by atoms with Crippen molar-refractivity contribution in [2.75, 3.05) is 40.3 Å². The van der Waals surface area contributed by atoms with E-state index in [-0.39, 0.29) is 5.91 Å². The lowest BCUT2D eigenvalue weighted by Crippen LogP contribution is -2.37. The van der Waals surface area contributed by atoms with Crippen molar-refractivity contribution < 1.29 is 4.79 Å². The van der Waals surface area contributed by atoms with Crippen LogP contribution in [0.25, 0.3) is 0 Å². The van der Waals surface area contributed by atoms with E-state index in [2.05, 4.69) is 10.6 Å². The van der Waals surface area contributed by atoms with Crippen LogP contribution in [0.3, 0.4) is 0 Å².